The number of nitrogens with two attached hydrogens (primary N) is 1. The van der Waals surface area contributed by atoms with Crippen LogP contribution in [0.5, 0.6) is 0 Å². The lowest BCUT2D eigenvalue weighted by atomic mass is 10.1. The van der Waals surface area contributed by atoms with Crippen LogP contribution in [0.15, 0.2) is 24.3 Å². The van der Waals surface area contributed by atoms with Gasteiger partial charge in [0.2, 0.25) is 0 Å². The highest BCUT2D eigenvalue weighted by atomic mass is 32.1. The first-order chi connectivity index (χ1) is 6.29. The lowest BCUT2D eigenvalue weighted by Crippen LogP contribution is -1.90. The quantitative estimate of drug-likeness (QED) is 0.751. The van der Waals surface area contributed by atoms with Gasteiger partial charge >= 0.3 is 0 Å². The van der Waals surface area contributed by atoms with E-state index in [4.69, 9.17) is 5.73 Å². The monoisotopic (exact) mass is 191 g/mol. The standard InChI is InChI=1S/C9H9N3S/c1-6-4-2-3-5-7(6)8-9(10)12-13-11-8/h2-5H,1H3,(H2,10,12). The zero-order valence-corrected chi connectivity index (χ0v) is 8.01. The molecule has 0 unspecified atom stereocenters. The largest absolute Gasteiger partial charge is 0.381 e. The molecule has 3 nitrogen and oxygen atoms in total. The summed E-state index contributed by atoms with van der Waals surface area (Å²) in [4.78, 5) is 0. The summed E-state index contributed by atoms with van der Waals surface area (Å²) in [5, 5.41) is 0. The predicted molar refractivity (Wildman–Crippen MR) is 54.5 cm³/mol. The molecule has 0 aliphatic heterocycles. The Balaban J connectivity index is 2.59. The third kappa shape index (κ3) is 1.40. The minimum Gasteiger partial charge on any atom is -0.381 e. The van der Waals surface area contributed by atoms with Crippen molar-refractivity contribution in [1.29, 1.82) is 0 Å². The number of aromatic nitrogens is 2. The Morgan fingerprint density at radius 3 is 2.62 bits per heavy atom. The van der Waals surface area contributed by atoms with E-state index in [9.17, 15) is 0 Å². The SMILES string of the molecule is Cc1ccccc1-c1nsnc1N. The Morgan fingerprint density at radius 2 is 2.00 bits per heavy atom. The first kappa shape index (κ1) is 8.19. The van der Waals surface area contributed by atoms with Crippen molar-refractivity contribution in [3.63, 3.8) is 0 Å². The molecule has 1 heterocycles. The molecule has 0 amide bonds. The average molecular weight is 191 g/mol. The maximum absolute atomic E-state index is 5.68. The summed E-state index contributed by atoms with van der Waals surface area (Å²) in [5.74, 6) is 0.513. The lowest BCUT2D eigenvalue weighted by Gasteiger charge is -2.00. The van der Waals surface area contributed by atoms with Crippen molar-refractivity contribution < 1.29 is 0 Å². The van der Waals surface area contributed by atoms with Gasteiger partial charge in [0.25, 0.3) is 0 Å². The molecule has 4 heteroatoms. The van der Waals surface area contributed by atoms with Crippen LogP contribution in [-0.2, 0) is 0 Å². The zero-order valence-electron chi connectivity index (χ0n) is 7.19. The number of aryl methyl sites for hydroxylation is 1. The molecule has 2 rings (SSSR count). The van der Waals surface area contributed by atoms with Gasteiger partial charge in [0, 0.05) is 5.56 Å². The minimum atomic E-state index is 0.513. The first-order valence-corrected chi connectivity index (χ1v) is 4.66. The van der Waals surface area contributed by atoms with Gasteiger partial charge in [-0.3, -0.25) is 0 Å². The Hall–Kier alpha value is -1.42. The van der Waals surface area contributed by atoms with Crippen LogP contribution in [0.1, 0.15) is 5.56 Å². The molecule has 0 spiro atoms. The topological polar surface area (TPSA) is 51.8 Å². The van der Waals surface area contributed by atoms with E-state index in [-0.39, 0.29) is 0 Å². The number of benzene rings is 1. The Labute approximate surface area is 80.6 Å². The summed E-state index contributed by atoms with van der Waals surface area (Å²) in [6, 6.07) is 8.01. The number of anilines is 1. The number of nitrogen functional groups attached to an aromatic ring is 1. The van der Waals surface area contributed by atoms with Crippen molar-refractivity contribution in [2.45, 2.75) is 6.92 Å². The second kappa shape index (κ2) is 3.14. The summed E-state index contributed by atoms with van der Waals surface area (Å²) in [7, 11) is 0. The predicted octanol–water partition coefficient (Wildman–Crippen LogP) is 2.10. The van der Waals surface area contributed by atoms with Crippen LogP contribution in [0.3, 0.4) is 0 Å². The van der Waals surface area contributed by atoms with E-state index in [1.54, 1.807) is 0 Å². The van der Waals surface area contributed by atoms with E-state index in [0.717, 1.165) is 23.0 Å². The van der Waals surface area contributed by atoms with Crippen LogP contribution in [0.4, 0.5) is 5.82 Å². The third-order valence-electron chi connectivity index (χ3n) is 1.91. The van der Waals surface area contributed by atoms with Gasteiger partial charge in [-0.25, -0.2) is 0 Å². The fourth-order valence-electron chi connectivity index (χ4n) is 1.22. The summed E-state index contributed by atoms with van der Waals surface area (Å²) in [6.45, 7) is 2.04. The lowest BCUT2D eigenvalue weighted by molar-refractivity contribution is 1.41. The summed E-state index contributed by atoms with van der Waals surface area (Å²) >= 11 is 1.14. The van der Waals surface area contributed by atoms with E-state index in [1.165, 1.54) is 5.56 Å². The zero-order chi connectivity index (χ0) is 9.26. The molecule has 0 radical (unpaired) electrons. The highest BCUT2D eigenvalue weighted by Gasteiger charge is 2.08. The van der Waals surface area contributed by atoms with Gasteiger partial charge in [-0.05, 0) is 12.5 Å². The van der Waals surface area contributed by atoms with Crippen molar-refractivity contribution in [3.8, 4) is 11.3 Å². The van der Waals surface area contributed by atoms with Gasteiger partial charge in [0.1, 0.15) is 5.69 Å². The Bertz CT molecular complexity index is 422. The van der Waals surface area contributed by atoms with E-state index in [2.05, 4.69) is 8.75 Å². The van der Waals surface area contributed by atoms with E-state index >= 15 is 0 Å². The molecule has 0 bridgehead atoms. The van der Waals surface area contributed by atoms with E-state index < -0.39 is 0 Å². The van der Waals surface area contributed by atoms with Crippen LogP contribution in [0, 0.1) is 6.92 Å². The van der Waals surface area contributed by atoms with Gasteiger partial charge in [0.05, 0.1) is 11.7 Å². The molecule has 2 N–H and O–H groups in total. The summed E-state index contributed by atoms with van der Waals surface area (Å²) < 4.78 is 8.09. The minimum absolute atomic E-state index is 0.513. The molecule has 0 atom stereocenters. The number of hydrogen-bond acceptors (Lipinski definition) is 4. The Kier molecular flexibility index (Phi) is 1.98. The van der Waals surface area contributed by atoms with E-state index in [1.807, 2.05) is 31.2 Å². The molecule has 0 saturated carbocycles. The van der Waals surface area contributed by atoms with Gasteiger partial charge in [0.15, 0.2) is 5.82 Å². The molecule has 13 heavy (non-hydrogen) atoms. The average Bonchev–Trinajstić information content (AvgIpc) is 2.52. The molecule has 0 saturated heterocycles. The van der Waals surface area contributed by atoms with Crippen molar-refractivity contribution >= 4 is 17.5 Å². The normalized spacial score (nSPS) is 10.2. The Morgan fingerprint density at radius 1 is 1.23 bits per heavy atom. The van der Waals surface area contributed by atoms with Gasteiger partial charge in [-0.2, -0.15) is 8.75 Å². The molecule has 1 aromatic heterocycles. The molecule has 0 fully saturated rings. The maximum Gasteiger partial charge on any atom is 0.165 e. The van der Waals surface area contributed by atoms with Crippen LogP contribution >= 0.6 is 11.7 Å². The van der Waals surface area contributed by atoms with Crippen molar-refractivity contribution in [1.82, 2.24) is 8.75 Å². The van der Waals surface area contributed by atoms with Crippen molar-refractivity contribution in [2.24, 2.45) is 0 Å². The highest BCUT2D eigenvalue weighted by molar-refractivity contribution is 6.99. The summed E-state index contributed by atoms with van der Waals surface area (Å²) in [6.07, 6.45) is 0. The second-order valence-electron chi connectivity index (χ2n) is 2.81. The number of hydrogen-bond donors (Lipinski definition) is 1. The van der Waals surface area contributed by atoms with Gasteiger partial charge in [-0.1, -0.05) is 24.3 Å². The van der Waals surface area contributed by atoms with Crippen molar-refractivity contribution in [3.05, 3.63) is 29.8 Å². The van der Waals surface area contributed by atoms with Crippen LogP contribution in [-0.4, -0.2) is 8.75 Å². The third-order valence-corrected chi connectivity index (χ3v) is 2.46. The molecule has 2 aromatic rings. The van der Waals surface area contributed by atoms with Crippen LogP contribution in [0.25, 0.3) is 11.3 Å². The fourth-order valence-corrected chi connectivity index (χ4v) is 1.71. The highest BCUT2D eigenvalue weighted by Crippen LogP contribution is 2.25. The molecule has 0 aliphatic rings. The number of nitrogens with zero attached hydrogens (tertiary/aromatic N) is 2. The van der Waals surface area contributed by atoms with E-state index in [0.29, 0.717) is 5.82 Å². The first-order valence-electron chi connectivity index (χ1n) is 3.93. The van der Waals surface area contributed by atoms with Crippen LogP contribution < -0.4 is 5.73 Å². The fraction of sp³-hybridized carbons (Fsp3) is 0.111. The van der Waals surface area contributed by atoms with Gasteiger partial charge < -0.3 is 5.73 Å². The molecule has 66 valence electrons. The number of rotatable bonds is 1. The van der Waals surface area contributed by atoms with Gasteiger partial charge in [-0.15, -0.1) is 0 Å². The molecule has 1 aromatic carbocycles. The van der Waals surface area contributed by atoms with Crippen LogP contribution in [0.2, 0.25) is 0 Å². The summed E-state index contributed by atoms with van der Waals surface area (Å²) in [5.41, 5.74) is 8.70. The molecular formula is C9H9N3S. The smallest absolute Gasteiger partial charge is 0.165 e. The second-order valence-corrected chi connectivity index (χ2v) is 3.34. The molecular weight excluding hydrogens is 182 g/mol. The van der Waals surface area contributed by atoms with Crippen molar-refractivity contribution in [2.75, 3.05) is 5.73 Å². The molecule has 0 aliphatic carbocycles. The maximum atomic E-state index is 5.68.